The standard InChI is InChI=1S/C14H19N3O/c1-17-11-13(10-16-17)9-15-8-7-12-3-5-14(18-2)6-4-12/h3-6,10-11,15H,7-9H2,1-2H3. The summed E-state index contributed by atoms with van der Waals surface area (Å²) >= 11 is 0. The molecule has 96 valence electrons. The molecule has 0 saturated heterocycles. The molecule has 0 aliphatic heterocycles. The number of nitrogens with one attached hydrogen (secondary N) is 1. The van der Waals surface area contributed by atoms with Gasteiger partial charge in [-0.15, -0.1) is 0 Å². The first-order chi connectivity index (χ1) is 8.78. The Hall–Kier alpha value is -1.81. The monoisotopic (exact) mass is 245 g/mol. The molecule has 0 aliphatic rings. The lowest BCUT2D eigenvalue weighted by molar-refractivity contribution is 0.414. The molecule has 1 N–H and O–H groups in total. The largest absolute Gasteiger partial charge is 0.497 e. The normalized spacial score (nSPS) is 10.6. The third kappa shape index (κ3) is 3.60. The molecule has 1 aromatic heterocycles. The third-order valence-corrected chi connectivity index (χ3v) is 2.84. The number of hydrogen-bond donors (Lipinski definition) is 1. The molecule has 0 radical (unpaired) electrons. The van der Waals surface area contributed by atoms with Gasteiger partial charge in [0.1, 0.15) is 5.75 Å². The lowest BCUT2D eigenvalue weighted by atomic mass is 10.1. The van der Waals surface area contributed by atoms with Crippen LogP contribution in [0.25, 0.3) is 0 Å². The van der Waals surface area contributed by atoms with Gasteiger partial charge in [0.05, 0.1) is 13.3 Å². The molecule has 0 saturated carbocycles. The van der Waals surface area contributed by atoms with Crippen molar-refractivity contribution in [2.24, 2.45) is 7.05 Å². The molecule has 0 atom stereocenters. The van der Waals surface area contributed by atoms with Crippen molar-refractivity contribution in [1.82, 2.24) is 15.1 Å². The molecular formula is C14H19N3O. The molecular weight excluding hydrogens is 226 g/mol. The smallest absolute Gasteiger partial charge is 0.118 e. The van der Waals surface area contributed by atoms with Crippen molar-refractivity contribution in [3.05, 3.63) is 47.8 Å². The molecule has 2 rings (SSSR count). The molecule has 0 aliphatic carbocycles. The summed E-state index contributed by atoms with van der Waals surface area (Å²) in [6, 6.07) is 8.20. The first-order valence-corrected chi connectivity index (χ1v) is 6.09. The van der Waals surface area contributed by atoms with E-state index in [1.165, 1.54) is 11.1 Å². The topological polar surface area (TPSA) is 39.1 Å². The second-order valence-corrected chi connectivity index (χ2v) is 4.30. The van der Waals surface area contributed by atoms with Gasteiger partial charge < -0.3 is 10.1 Å². The lowest BCUT2D eigenvalue weighted by Crippen LogP contribution is -2.16. The summed E-state index contributed by atoms with van der Waals surface area (Å²) in [6.07, 6.45) is 4.94. The average Bonchev–Trinajstić information content (AvgIpc) is 2.81. The number of aryl methyl sites for hydroxylation is 1. The van der Waals surface area contributed by atoms with Crippen molar-refractivity contribution < 1.29 is 4.74 Å². The van der Waals surface area contributed by atoms with Crippen LogP contribution in [-0.4, -0.2) is 23.4 Å². The fourth-order valence-corrected chi connectivity index (χ4v) is 1.82. The fraction of sp³-hybridized carbons (Fsp3) is 0.357. The van der Waals surface area contributed by atoms with E-state index in [1.807, 2.05) is 36.3 Å². The van der Waals surface area contributed by atoms with Crippen LogP contribution < -0.4 is 10.1 Å². The van der Waals surface area contributed by atoms with Gasteiger partial charge in [0.2, 0.25) is 0 Å². The molecule has 1 aromatic carbocycles. The minimum atomic E-state index is 0.865. The molecule has 1 heterocycles. The van der Waals surface area contributed by atoms with E-state index in [4.69, 9.17) is 4.74 Å². The highest BCUT2D eigenvalue weighted by atomic mass is 16.5. The minimum Gasteiger partial charge on any atom is -0.497 e. The van der Waals surface area contributed by atoms with Gasteiger partial charge in [-0.25, -0.2) is 0 Å². The van der Waals surface area contributed by atoms with Crippen molar-refractivity contribution in [1.29, 1.82) is 0 Å². The number of ether oxygens (including phenoxy) is 1. The van der Waals surface area contributed by atoms with Crippen LogP contribution in [0.1, 0.15) is 11.1 Å². The van der Waals surface area contributed by atoms with Crippen LogP contribution in [0.5, 0.6) is 5.75 Å². The summed E-state index contributed by atoms with van der Waals surface area (Å²) in [6.45, 7) is 1.82. The van der Waals surface area contributed by atoms with Crippen molar-refractivity contribution >= 4 is 0 Å². The second kappa shape index (κ2) is 6.21. The van der Waals surface area contributed by atoms with E-state index in [0.29, 0.717) is 0 Å². The first-order valence-electron chi connectivity index (χ1n) is 6.09. The SMILES string of the molecule is COc1ccc(CCNCc2cnn(C)c2)cc1. The summed E-state index contributed by atoms with van der Waals surface area (Å²) in [5.74, 6) is 0.905. The minimum absolute atomic E-state index is 0.865. The van der Waals surface area contributed by atoms with Gasteiger partial charge in [-0.3, -0.25) is 4.68 Å². The molecule has 0 spiro atoms. The summed E-state index contributed by atoms with van der Waals surface area (Å²) < 4.78 is 6.95. The van der Waals surface area contributed by atoms with Crippen molar-refractivity contribution in [2.45, 2.75) is 13.0 Å². The third-order valence-electron chi connectivity index (χ3n) is 2.84. The van der Waals surface area contributed by atoms with E-state index in [2.05, 4.69) is 22.5 Å². The summed E-state index contributed by atoms with van der Waals surface area (Å²) in [4.78, 5) is 0. The highest BCUT2D eigenvalue weighted by molar-refractivity contribution is 5.27. The zero-order valence-corrected chi connectivity index (χ0v) is 10.9. The average molecular weight is 245 g/mol. The Morgan fingerprint density at radius 3 is 2.61 bits per heavy atom. The second-order valence-electron chi connectivity index (χ2n) is 4.30. The number of aromatic nitrogens is 2. The van der Waals surface area contributed by atoms with Gasteiger partial charge in [-0.1, -0.05) is 12.1 Å². The van der Waals surface area contributed by atoms with Gasteiger partial charge in [-0.2, -0.15) is 5.10 Å². The van der Waals surface area contributed by atoms with Crippen molar-refractivity contribution in [2.75, 3.05) is 13.7 Å². The van der Waals surface area contributed by atoms with Gasteiger partial charge >= 0.3 is 0 Å². The predicted molar refractivity (Wildman–Crippen MR) is 71.6 cm³/mol. The Morgan fingerprint density at radius 2 is 2.00 bits per heavy atom. The number of benzene rings is 1. The maximum atomic E-state index is 5.13. The molecule has 0 amide bonds. The molecule has 0 unspecified atom stereocenters. The van der Waals surface area contributed by atoms with Gasteiger partial charge in [0.25, 0.3) is 0 Å². The van der Waals surface area contributed by atoms with E-state index in [9.17, 15) is 0 Å². The number of hydrogen-bond acceptors (Lipinski definition) is 3. The summed E-state index contributed by atoms with van der Waals surface area (Å²) in [7, 11) is 3.62. The highest BCUT2D eigenvalue weighted by Crippen LogP contribution is 2.11. The predicted octanol–water partition coefficient (Wildman–Crippen LogP) is 1.76. The van der Waals surface area contributed by atoms with Crippen LogP contribution in [0.3, 0.4) is 0 Å². The van der Waals surface area contributed by atoms with E-state index in [-0.39, 0.29) is 0 Å². The molecule has 4 nitrogen and oxygen atoms in total. The zero-order valence-electron chi connectivity index (χ0n) is 10.9. The number of methoxy groups -OCH3 is 1. The van der Waals surface area contributed by atoms with E-state index in [0.717, 1.165) is 25.3 Å². The van der Waals surface area contributed by atoms with Crippen LogP contribution in [0.15, 0.2) is 36.7 Å². The van der Waals surface area contributed by atoms with Crippen LogP contribution in [0.4, 0.5) is 0 Å². The molecule has 2 aromatic rings. The zero-order chi connectivity index (χ0) is 12.8. The number of rotatable bonds is 6. The Kier molecular flexibility index (Phi) is 4.36. The van der Waals surface area contributed by atoms with Crippen LogP contribution in [-0.2, 0) is 20.0 Å². The van der Waals surface area contributed by atoms with Crippen LogP contribution >= 0.6 is 0 Å². The first kappa shape index (κ1) is 12.6. The number of nitrogens with zero attached hydrogens (tertiary/aromatic N) is 2. The van der Waals surface area contributed by atoms with Crippen LogP contribution in [0.2, 0.25) is 0 Å². The maximum absolute atomic E-state index is 5.13. The van der Waals surface area contributed by atoms with Crippen molar-refractivity contribution in [3.8, 4) is 5.75 Å². The van der Waals surface area contributed by atoms with Gasteiger partial charge in [0.15, 0.2) is 0 Å². The molecule has 18 heavy (non-hydrogen) atoms. The van der Waals surface area contributed by atoms with Gasteiger partial charge in [-0.05, 0) is 30.7 Å². The molecule has 4 heteroatoms. The Labute approximate surface area is 108 Å². The maximum Gasteiger partial charge on any atom is 0.118 e. The lowest BCUT2D eigenvalue weighted by Gasteiger charge is -2.04. The highest BCUT2D eigenvalue weighted by Gasteiger charge is 1.97. The quantitative estimate of drug-likeness (QED) is 0.788. The molecule has 0 fully saturated rings. The fourth-order valence-electron chi connectivity index (χ4n) is 1.82. The van der Waals surface area contributed by atoms with E-state index in [1.54, 1.807) is 7.11 Å². The Morgan fingerprint density at radius 1 is 1.22 bits per heavy atom. The van der Waals surface area contributed by atoms with Gasteiger partial charge in [0, 0.05) is 25.4 Å². The summed E-state index contributed by atoms with van der Waals surface area (Å²) in [5.41, 5.74) is 2.53. The van der Waals surface area contributed by atoms with E-state index < -0.39 is 0 Å². The Bertz CT molecular complexity index is 476. The van der Waals surface area contributed by atoms with Crippen LogP contribution in [0, 0.1) is 0 Å². The summed E-state index contributed by atoms with van der Waals surface area (Å²) in [5, 5.41) is 7.54. The van der Waals surface area contributed by atoms with Crippen molar-refractivity contribution in [3.63, 3.8) is 0 Å². The molecule has 0 bridgehead atoms. The Balaban J connectivity index is 1.71. The van der Waals surface area contributed by atoms with E-state index >= 15 is 0 Å².